The molecule has 24 heavy (non-hydrogen) atoms. The summed E-state index contributed by atoms with van der Waals surface area (Å²) in [6.45, 7) is 0.425. The van der Waals surface area contributed by atoms with Crippen molar-refractivity contribution in [3.63, 3.8) is 0 Å². The van der Waals surface area contributed by atoms with E-state index in [2.05, 4.69) is 4.98 Å². The fourth-order valence-corrected chi connectivity index (χ4v) is 2.47. The summed E-state index contributed by atoms with van der Waals surface area (Å²) in [4.78, 5) is 15.6. The number of hydrogen-bond donors (Lipinski definition) is 1. The summed E-state index contributed by atoms with van der Waals surface area (Å²) in [6, 6.07) is 18.1. The third-order valence-electron chi connectivity index (χ3n) is 3.49. The Morgan fingerprint density at radius 2 is 1.88 bits per heavy atom. The van der Waals surface area contributed by atoms with Crippen LogP contribution in [0.4, 0.5) is 0 Å². The minimum absolute atomic E-state index is 0.141. The molecule has 0 amide bonds. The number of aromatic nitrogens is 1. The normalized spacial score (nSPS) is 10.4. The molecule has 1 N–H and O–H groups in total. The SMILES string of the molecule is O=C(O)c1cc(Cl)ccc1-c1ccc(OCc2ccccc2)nc1. The number of ether oxygens (including phenoxy) is 1. The van der Waals surface area contributed by atoms with Gasteiger partial charge in [-0.15, -0.1) is 0 Å². The van der Waals surface area contributed by atoms with Crippen molar-refractivity contribution < 1.29 is 14.6 Å². The first kappa shape index (κ1) is 16.0. The Bertz CT molecular complexity index is 848. The van der Waals surface area contributed by atoms with Gasteiger partial charge in [0.25, 0.3) is 0 Å². The predicted octanol–water partition coefficient (Wildman–Crippen LogP) is 4.68. The molecule has 5 heteroatoms. The number of benzene rings is 2. The summed E-state index contributed by atoms with van der Waals surface area (Å²) in [5, 5.41) is 9.69. The average Bonchev–Trinajstić information content (AvgIpc) is 2.61. The fourth-order valence-electron chi connectivity index (χ4n) is 2.30. The van der Waals surface area contributed by atoms with Gasteiger partial charge in [-0.1, -0.05) is 48.0 Å². The van der Waals surface area contributed by atoms with Crippen molar-refractivity contribution in [1.82, 2.24) is 4.98 Å². The lowest BCUT2D eigenvalue weighted by atomic mass is 10.0. The molecule has 0 spiro atoms. The van der Waals surface area contributed by atoms with Crippen molar-refractivity contribution in [1.29, 1.82) is 0 Å². The summed E-state index contributed by atoms with van der Waals surface area (Å²) in [5.74, 6) is -0.551. The van der Waals surface area contributed by atoms with Gasteiger partial charge < -0.3 is 9.84 Å². The second kappa shape index (κ2) is 7.15. The van der Waals surface area contributed by atoms with E-state index in [4.69, 9.17) is 16.3 Å². The third kappa shape index (κ3) is 3.73. The van der Waals surface area contributed by atoms with E-state index in [0.717, 1.165) is 5.56 Å². The van der Waals surface area contributed by atoms with Crippen LogP contribution in [0.3, 0.4) is 0 Å². The molecule has 2 aromatic carbocycles. The smallest absolute Gasteiger partial charge is 0.336 e. The number of rotatable bonds is 5. The van der Waals surface area contributed by atoms with Crippen molar-refractivity contribution in [2.75, 3.05) is 0 Å². The van der Waals surface area contributed by atoms with Gasteiger partial charge in [0.1, 0.15) is 6.61 Å². The van der Waals surface area contributed by atoms with E-state index in [9.17, 15) is 9.90 Å². The Morgan fingerprint density at radius 3 is 2.54 bits per heavy atom. The lowest BCUT2D eigenvalue weighted by Gasteiger charge is -2.09. The molecule has 0 radical (unpaired) electrons. The quantitative estimate of drug-likeness (QED) is 0.733. The number of aromatic carboxylic acids is 1. The summed E-state index contributed by atoms with van der Waals surface area (Å²) in [6.07, 6.45) is 1.59. The van der Waals surface area contributed by atoms with Gasteiger partial charge in [-0.3, -0.25) is 0 Å². The maximum absolute atomic E-state index is 11.4. The lowest BCUT2D eigenvalue weighted by Crippen LogP contribution is -2.00. The zero-order chi connectivity index (χ0) is 16.9. The molecule has 0 saturated carbocycles. The molecule has 1 heterocycles. The lowest BCUT2D eigenvalue weighted by molar-refractivity contribution is 0.0697. The molecule has 0 unspecified atom stereocenters. The highest BCUT2D eigenvalue weighted by Gasteiger charge is 2.13. The van der Waals surface area contributed by atoms with Crippen LogP contribution in [0.2, 0.25) is 5.02 Å². The van der Waals surface area contributed by atoms with Crippen LogP contribution in [0.5, 0.6) is 5.88 Å². The van der Waals surface area contributed by atoms with Gasteiger partial charge in [0.05, 0.1) is 5.56 Å². The molecule has 3 aromatic rings. The number of carbonyl (C=O) groups is 1. The van der Waals surface area contributed by atoms with Gasteiger partial charge in [-0.05, 0) is 29.3 Å². The molecule has 120 valence electrons. The molecule has 0 aliphatic heterocycles. The maximum atomic E-state index is 11.4. The molecule has 0 aliphatic carbocycles. The third-order valence-corrected chi connectivity index (χ3v) is 3.72. The molecule has 1 aromatic heterocycles. The number of halogens is 1. The molecule has 4 nitrogen and oxygen atoms in total. The molecular weight excluding hydrogens is 326 g/mol. The van der Waals surface area contributed by atoms with Gasteiger partial charge in [0, 0.05) is 22.8 Å². The first-order valence-electron chi connectivity index (χ1n) is 7.29. The van der Waals surface area contributed by atoms with E-state index in [1.54, 1.807) is 30.5 Å². The van der Waals surface area contributed by atoms with Gasteiger partial charge in [-0.2, -0.15) is 0 Å². The summed E-state index contributed by atoms with van der Waals surface area (Å²) >= 11 is 5.87. The monoisotopic (exact) mass is 339 g/mol. The summed E-state index contributed by atoms with van der Waals surface area (Å²) in [7, 11) is 0. The van der Waals surface area contributed by atoms with Crippen molar-refractivity contribution in [3.05, 3.63) is 83.0 Å². The van der Waals surface area contributed by atoms with Crippen molar-refractivity contribution in [3.8, 4) is 17.0 Å². The Morgan fingerprint density at radius 1 is 1.08 bits per heavy atom. The summed E-state index contributed by atoms with van der Waals surface area (Å²) in [5.41, 5.74) is 2.45. The Hall–Kier alpha value is -2.85. The average molecular weight is 340 g/mol. The van der Waals surface area contributed by atoms with E-state index in [0.29, 0.717) is 28.6 Å². The topological polar surface area (TPSA) is 59.4 Å². The van der Waals surface area contributed by atoms with E-state index < -0.39 is 5.97 Å². The largest absolute Gasteiger partial charge is 0.478 e. The van der Waals surface area contributed by atoms with Crippen LogP contribution in [0.25, 0.3) is 11.1 Å². The van der Waals surface area contributed by atoms with Crippen LogP contribution < -0.4 is 4.74 Å². The second-order valence-corrected chi connectivity index (χ2v) is 5.59. The van der Waals surface area contributed by atoms with Crippen LogP contribution >= 0.6 is 11.6 Å². The summed E-state index contributed by atoms with van der Waals surface area (Å²) < 4.78 is 5.63. The Balaban J connectivity index is 1.79. The fraction of sp³-hybridized carbons (Fsp3) is 0.0526. The highest BCUT2D eigenvalue weighted by Crippen LogP contribution is 2.27. The van der Waals surface area contributed by atoms with Crippen molar-refractivity contribution in [2.24, 2.45) is 0 Å². The van der Waals surface area contributed by atoms with E-state index in [1.165, 1.54) is 6.07 Å². The number of nitrogens with zero attached hydrogens (tertiary/aromatic N) is 1. The Kier molecular flexibility index (Phi) is 4.77. The van der Waals surface area contributed by atoms with Crippen LogP contribution in [-0.4, -0.2) is 16.1 Å². The number of pyridine rings is 1. The number of carboxylic acid groups (broad SMARTS) is 1. The minimum Gasteiger partial charge on any atom is -0.478 e. The van der Waals surface area contributed by atoms with E-state index >= 15 is 0 Å². The van der Waals surface area contributed by atoms with Gasteiger partial charge >= 0.3 is 5.97 Å². The molecule has 0 aliphatic rings. The standard InChI is InChI=1S/C19H14ClNO3/c20-15-7-8-16(17(10-15)19(22)23)14-6-9-18(21-11-14)24-12-13-4-2-1-3-5-13/h1-11H,12H2,(H,22,23). The maximum Gasteiger partial charge on any atom is 0.336 e. The molecule has 3 rings (SSSR count). The number of hydrogen-bond acceptors (Lipinski definition) is 3. The highest BCUT2D eigenvalue weighted by atomic mass is 35.5. The van der Waals surface area contributed by atoms with Crippen molar-refractivity contribution >= 4 is 17.6 Å². The minimum atomic E-state index is -1.03. The Labute approximate surface area is 144 Å². The zero-order valence-corrected chi connectivity index (χ0v) is 13.4. The van der Waals surface area contributed by atoms with Crippen LogP contribution in [-0.2, 0) is 6.61 Å². The van der Waals surface area contributed by atoms with Crippen LogP contribution in [0.15, 0.2) is 66.9 Å². The van der Waals surface area contributed by atoms with Crippen LogP contribution in [0.1, 0.15) is 15.9 Å². The first-order valence-corrected chi connectivity index (χ1v) is 7.67. The molecule has 0 bridgehead atoms. The predicted molar refractivity (Wildman–Crippen MR) is 92.4 cm³/mol. The van der Waals surface area contributed by atoms with Crippen LogP contribution in [0, 0.1) is 0 Å². The molecule has 0 saturated heterocycles. The highest BCUT2D eigenvalue weighted by molar-refractivity contribution is 6.31. The second-order valence-electron chi connectivity index (χ2n) is 5.15. The molecule has 0 fully saturated rings. The van der Waals surface area contributed by atoms with Gasteiger partial charge in [0.15, 0.2) is 0 Å². The van der Waals surface area contributed by atoms with E-state index in [1.807, 2.05) is 30.3 Å². The number of carboxylic acids is 1. The van der Waals surface area contributed by atoms with Gasteiger partial charge in [-0.25, -0.2) is 9.78 Å². The zero-order valence-electron chi connectivity index (χ0n) is 12.6. The molecular formula is C19H14ClNO3. The molecule has 0 atom stereocenters. The van der Waals surface area contributed by atoms with Gasteiger partial charge in [0.2, 0.25) is 5.88 Å². The van der Waals surface area contributed by atoms with E-state index in [-0.39, 0.29) is 5.56 Å². The van der Waals surface area contributed by atoms with Crippen molar-refractivity contribution in [2.45, 2.75) is 6.61 Å². The first-order chi connectivity index (χ1) is 11.6.